The number of carbonyl (C=O) groups is 3. The van der Waals surface area contributed by atoms with Crippen LogP contribution in [-0.2, 0) is 14.3 Å². The molecule has 0 aromatic carbocycles. The third kappa shape index (κ3) is 5.07. The van der Waals surface area contributed by atoms with E-state index in [9.17, 15) is 14.4 Å². The molecule has 2 N–H and O–H groups in total. The molecule has 1 aliphatic carbocycles. The Morgan fingerprint density at radius 1 is 1.35 bits per heavy atom. The standard InChI is InChI=1S/C13H22N2O5/c1-3-20-12(18)9-4-5-10(8-9)14-13(19)15(2)7-6-11(16)17/h9-10H,3-8H2,1-2H3,(H,14,19)(H,16,17)/t9-,10+/m1/s1. The Morgan fingerprint density at radius 3 is 2.65 bits per heavy atom. The number of hydrogen-bond acceptors (Lipinski definition) is 4. The number of aliphatic carboxylic acids is 1. The molecule has 0 aromatic rings. The maximum absolute atomic E-state index is 11.8. The average molecular weight is 286 g/mol. The molecule has 0 heterocycles. The molecule has 1 rings (SSSR count). The first-order valence-corrected chi connectivity index (χ1v) is 6.84. The van der Waals surface area contributed by atoms with Crippen LogP contribution in [0.2, 0.25) is 0 Å². The molecule has 7 heteroatoms. The highest BCUT2D eigenvalue weighted by molar-refractivity contribution is 5.76. The van der Waals surface area contributed by atoms with Crippen molar-refractivity contribution >= 4 is 18.0 Å². The van der Waals surface area contributed by atoms with Gasteiger partial charge >= 0.3 is 18.0 Å². The van der Waals surface area contributed by atoms with Crippen molar-refractivity contribution in [2.45, 2.75) is 38.6 Å². The first-order chi connectivity index (χ1) is 9.43. The van der Waals surface area contributed by atoms with Crippen molar-refractivity contribution in [3.8, 4) is 0 Å². The van der Waals surface area contributed by atoms with Crippen LogP contribution in [0.15, 0.2) is 0 Å². The lowest BCUT2D eigenvalue weighted by Gasteiger charge is -2.20. The molecule has 114 valence electrons. The van der Waals surface area contributed by atoms with Gasteiger partial charge in [-0.1, -0.05) is 0 Å². The van der Waals surface area contributed by atoms with E-state index in [4.69, 9.17) is 9.84 Å². The predicted octanol–water partition coefficient (Wildman–Crippen LogP) is 0.834. The maximum atomic E-state index is 11.8. The highest BCUT2D eigenvalue weighted by Gasteiger charge is 2.32. The second-order valence-corrected chi connectivity index (χ2v) is 4.97. The molecule has 0 saturated heterocycles. The molecule has 2 amide bonds. The Morgan fingerprint density at radius 2 is 2.05 bits per heavy atom. The Kier molecular flexibility index (Phi) is 6.27. The van der Waals surface area contributed by atoms with Gasteiger partial charge in [0.25, 0.3) is 0 Å². The minimum absolute atomic E-state index is 0.0517. The van der Waals surface area contributed by atoms with Crippen LogP contribution in [0.5, 0.6) is 0 Å². The number of esters is 1. The fraction of sp³-hybridized carbons (Fsp3) is 0.769. The summed E-state index contributed by atoms with van der Waals surface area (Å²) < 4.78 is 4.96. The van der Waals surface area contributed by atoms with E-state index in [-0.39, 0.29) is 36.9 Å². The van der Waals surface area contributed by atoms with Gasteiger partial charge in [-0.3, -0.25) is 9.59 Å². The summed E-state index contributed by atoms with van der Waals surface area (Å²) in [5.74, 6) is -1.29. The number of urea groups is 1. The van der Waals surface area contributed by atoms with E-state index < -0.39 is 5.97 Å². The fourth-order valence-electron chi connectivity index (χ4n) is 2.24. The van der Waals surface area contributed by atoms with Crippen LogP contribution in [0, 0.1) is 5.92 Å². The van der Waals surface area contributed by atoms with Crippen molar-refractivity contribution in [3.63, 3.8) is 0 Å². The minimum Gasteiger partial charge on any atom is -0.481 e. The number of nitrogens with zero attached hydrogens (tertiary/aromatic N) is 1. The summed E-state index contributed by atoms with van der Waals surface area (Å²) in [6.07, 6.45) is 1.95. The molecule has 0 aliphatic heterocycles. The Balaban J connectivity index is 2.33. The molecule has 0 unspecified atom stereocenters. The van der Waals surface area contributed by atoms with Gasteiger partial charge in [-0.05, 0) is 26.2 Å². The van der Waals surface area contributed by atoms with Crippen molar-refractivity contribution < 1.29 is 24.2 Å². The van der Waals surface area contributed by atoms with Crippen molar-refractivity contribution in [2.24, 2.45) is 5.92 Å². The molecule has 1 fully saturated rings. The molecule has 7 nitrogen and oxygen atoms in total. The van der Waals surface area contributed by atoms with Gasteiger partial charge < -0.3 is 20.1 Å². The van der Waals surface area contributed by atoms with Crippen LogP contribution in [0.3, 0.4) is 0 Å². The Labute approximate surface area is 118 Å². The lowest BCUT2D eigenvalue weighted by Crippen LogP contribution is -2.43. The molecule has 1 aliphatic rings. The van der Waals surface area contributed by atoms with E-state index in [2.05, 4.69) is 5.32 Å². The zero-order valence-corrected chi connectivity index (χ0v) is 11.9. The van der Waals surface area contributed by atoms with E-state index in [0.29, 0.717) is 19.4 Å². The van der Waals surface area contributed by atoms with Gasteiger partial charge in [0.2, 0.25) is 0 Å². The number of carboxylic acids is 1. The summed E-state index contributed by atoms with van der Waals surface area (Å²) in [4.78, 5) is 35.2. The smallest absolute Gasteiger partial charge is 0.317 e. The van der Waals surface area contributed by atoms with E-state index in [0.717, 1.165) is 6.42 Å². The Hall–Kier alpha value is -1.79. The van der Waals surface area contributed by atoms with Crippen LogP contribution < -0.4 is 5.32 Å². The van der Waals surface area contributed by atoms with Crippen LogP contribution in [0.1, 0.15) is 32.6 Å². The molecule has 0 spiro atoms. The molecule has 20 heavy (non-hydrogen) atoms. The highest BCUT2D eigenvalue weighted by atomic mass is 16.5. The second-order valence-electron chi connectivity index (χ2n) is 4.97. The number of ether oxygens (including phenoxy) is 1. The van der Waals surface area contributed by atoms with Gasteiger partial charge in [-0.2, -0.15) is 0 Å². The summed E-state index contributed by atoms with van der Waals surface area (Å²) in [5.41, 5.74) is 0. The van der Waals surface area contributed by atoms with Gasteiger partial charge in [-0.15, -0.1) is 0 Å². The molecule has 0 aromatic heterocycles. The van der Waals surface area contributed by atoms with Gasteiger partial charge in [0.05, 0.1) is 18.9 Å². The largest absolute Gasteiger partial charge is 0.481 e. The number of carbonyl (C=O) groups excluding carboxylic acids is 2. The van der Waals surface area contributed by atoms with Crippen LogP contribution >= 0.6 is 0 Å². The lowest BCUT2D eigenvalue weighted by molar-refractivity contribution is -0.147. The maximum Gasteiger partial charge on any atom is 0.317 e. The van der Waals surface area contributed by atoms with Crippen molar-refractivity contribution in [2.75, 3.05) is 20.2 Å². The second kappa shape index (κ2) is 7.72. The van der Waals surface area contributed by atoms with E-state index >= 15 is 0 Å². The molecule has 2 atom stereocenters. The summed E-state index contributed by atoms with van der Waals surface area (Å²) in [7, 11) is 1.55. The summed E-state index contributed by atoms with van der Waals surface area (Å²) in [6, 6.07) is -0.357. The monoisotopic (exact) mass is 286 g/mol. The Bertz CT molecular complexity index is 372. The lowest BCUT2D eigenvalue weighted by atomic mass is 10.1. The zero-order chi connectivity index (χ0) is 15.1. The number of hydrogen-bond donors (Lipinski definition) is 2. The predicted molar refractivity (Wildman–Crippen MR) is 71.2 cm³/mol. The summed E-state index contributed by atoms with van der Waals surface area (Å²) in [5, 5.41) is 11.4. The first kappa shape index (κ1) is 16.3. The van der Waals surface area contributed by atoms with Gasteiger partial charge in [0.15, 0.2) is 0 Å². The van der Waals surface area contributed by atoms with Crippen molar-refractivity contribution in [1.82, 2.24) is 10.2 Å². The van der Waals surface area contributed by atoms with Crippen LogP contribution in [-0.4, -0.2) is 54.2 Å². The molecular weight excluding hydrogens is 264 g/mol. The summed E-state index contributed by atoms with van der Waals surface area (Å²) >= 11 is 0. The topological polar surface area (TPSA) is 95.9 Å². The van der Waals surface area contributed by atoms with E-state index in [1.54, 1.807) is 14.0 Å². The SMILES string of the molecule is CCOC(=O)[C@@H]1CC[C@H](NC(=O)N(C)CCC(=O)O)C1. The minimum atomic E-state index is -0.937. The van der Waals surface area contributed by atoms with Gasteiger partial charge in [0.1, 0.15) is 0 Å². The number of amides is 2. The first-order valence-electron chi connectivity index (χ1n) is 6.84. The highest BCUT2D eigenvalue weighted by Crippen LogP contribution is 2.26. The third-order valence-electron chi connectivity index (χ3n) is 3.39. The normalized spacial score (nSPS) is 21.3. The molecule has 0 bridgehead atoms. The van der Waals surface area contributed by atoms with Crippen LogP contribution in [0.4, 0.5) is 4.79 Å². The molecule has 0 radical (unpaired) electrons. The fourth-order valence-corrected chi connectivity index (χ4v) is 2.24. The number of carboxylic acid groups (broad SMARTS) is 1. The van der Waals surface area contributed by atoms with E-state index in [1.807, 2.05) is 0 Å². The summed E-state index contributed by atoms with van der Waals surface area (Å²) in [6.45, 7) is 2.29. The quantitative estimate of drug-likeness (QED) is 0.705. The van der Waals surface area contributed by atoms with Gasteiger partial charge in [-0.25, -0.2) is 4.79 Å². The van der Waals surface area contributed by atoms with Crippen molar-refractivity contribution in [3.05, 3.63) is 0 Å². The average Bonchev–Trinajstić information content (AvgIpc) is 2.84. The third-order valence-corrected chi connectivity index (χ3v) is 3.39. The number of rotatable bonds is 6. The number of nitrogens with one attached hydrogen (secondary N) is 1. The zero-order valence-electron chi connectivity index (χ0n) is 11.9. The van der Waals surface area contributed by atoms with Crippen molar-refractivity contribution in [1.29, 1.82) is 0 Å². The van der Waals surface area contributed by atoms with Gasteiger partial charge in [0, 0.05) is 19.6 Å². The molecular formula is C13H22N2O5. The van der Waals surface area contributed by atoms with E-state index in [1.165, 1.54) is 4.90 Å². The van der Waals surface area contributed by atoms with Crippen LogP contribution in [0.25, 0.3) is 0 Å². The molecule has 1 saturated carbocycles.